The molecule has 8 nitrogen and oxygen atoms in total. The highest BCUT2D eigenvalue weighted by molar-refractivity contribution is 9.10. The Hall–Kier alpha value is -2.85. The number of hydrogen-bond donors (Lipinski definition) is 2. The maximum absolute atomic E-state index is 12.4. The molecular weight excluding hydrogens is 494 g/mol. The van der Waals surface area contributed by atoms with Crippen molar-refractivity contribution in [3.05, 3.63) is 63.9 Å². The summed E-state index contributed by atoms with van der Waals surface area (Å²) in [6.45, 7) is 4.76. The molecule has 1 aromatic heterocycles. The van der Waals surface area contributed by atoms with Crippen LogP contribution in [0.2, 0.25) is 0 Å². The Kier molecular flexibility index (Phi) is 8.29. The summed E-state index contributed by atoms with van der Waals surface area (Å²) in [4.78, 5) is 24.8. The van der Waals surface area contributed by atoms with Crippen molar-refractivity contribution < 1.29 is 14.3 Å². The molecule has 2 N–H and O–H groups in total. The van der Waals surface area contributed by atoms with E-state index in [-0.39, 0.29) is 24.1 Å². The third-order valence-corrected chi connectivity index (χ3v) is 6.12. The van der Waals surface area contributed by atoms with Gasteiger partial charge in [0.2, 0.25) is 5.91 Å². The second kappa shape index (κ2) is 11.1. The van der Waals surface area contributed by atoms with Crippen molar-refractivity contribution in [3.63, 3.8) is 0 Å². The normalized spacial score (nSPS) is 10.6. The minimum atomic E-state index is -0.211. The van der Waals surface area contributed by atoms with E-state index in [1.165, 1.54) is 11.8 Å². The van der Waals surface area contributed by atoms with Crippen molar-refractivity contribution in [3.8, 4) is 5.75 Å². The molecule has 0 aliphatic heterocycles. The van der Waals surface area contributed by atoms with E-state index in [9.17, 15) is 9.59 Å². The molecule has 0 radical (unpaired) electrons. The molecular formula is C22H24BrN5O3S. The number of thioether (sulfide) groups is 1. The third kappa shape index (κ3) is 6.10. The lowest BCUT2D eigenvalue weighted by Gasteiger charge is -2.10. The van der Waals surface area contributed by atoms with Crippen LogP contribution in [0.3, 0.4) is 0 Å². The molecule has 0 atom stereocenters. The maximum Gasteiger partial charge on any atom is 0.251 e. The quantitative estimate of drug-likeness (QED) is 0.415. The molecule has 168 valence electrons. The monoisotopic (exact) mass is 517 g/mol. The van der Waals surface area contributed by atoms with Crippen LogP contribution in [0.1, 0.15) is 28.7 Å². The molecule has 32 heavy (non-hydrogen) atoms. The van der Waals surface area contributed by atoms with Crippen LogP contribution in [-0.4, -0.2) is 39.4 Å². The first kappa shape index (κ1) is 23.8. The number of methoxy groups -OCH3 is 1. The molecule has 2 amide bonds. The SMILES string of the molecule is CCn1c(CNC(=O)c2ccc(OC)cc2)nnc1SCC(=O)Nc1ccc(Br)cc1C. The van der Waals surface area contributed by atoms with E-state index >= 15 is 0 Å². The van der Waals surface area contributed by atoms with Crippen LogP contribution in [0.25, 0.3) is 0 Å². The summed E-state index contributed by atoms with van der Waals surface area (Å²) >= 11 is 4.72. The summed E-state index contributed by atoms with van der Waals surface area (Å²) in [7, 11) is 1.58. The number of nitrogens with zero attached hydrogens (tertiary/aromatic N) is 3. The van der Waals surface area contributed by atoms with Gasteiger partial charge in [-0.1, -0.05) is 27.7 Å². The lowest BCUT2D eigenvalue weighted by molar-refractivity contribution is -0.113. The first-order valence-electron chi connectivity index (χ1n) is 9.94. The minimum Gasteiger partial charge on any atom is -0.497 e. The number of rotatable bonds is 9. The van der Waals surface area contributed by atoms with Crippen molar-refractivity contribution in [2.75, 3.05) is 18.2 Å². The van der Waals surface area contributed by atoms with Gasteiger partial charge in [-0.2, -0.15) is 0 Å². The zero-order valence-corrected chi connectivity index (χ0v) is 20.4. The number of carbonyl (C=O) groups is 2. The van der Waals surface area contributed by atoms with Gasteiger partial charge in [0.25, 0.3) is 5.91 Å². The van der Waals surface area contributed by atoms with E-state index in [2.05, 4.69) is 36.8 Å². The maximum atomic E-state index is 12.4. The average Bonchev–Trinajstić information content (AvgIpc) is 3.19. The van der Waals surface area contributed by atoms with Gasteiger partial charge in [0.15, 0.2) is 11.0 Å². The molecule has 1 heterocycles. The first-order chi connectivity index (χ1) is 15.4. The number of carbonyl (C=O) groups excluding carboxylic acids is 2. The second-order valence-corrected chi connectivity index (χ2v) is 8.71. The van der Waals surface area contributed by atoms with Gasteiger partial charge in [-0.05, 0) is 61.9 Å². The fourth-order valence-electron chi connectivity index (χ4n) is 2.96. The van der Waals surface area contributed by atoms with Crippen molar-refractivity contribution in [2.45, 2.75) is 32.1 Å². The van der Waals surface area contributed by atoms with Gasteiger partial charge in [0.05, 0.1) is 19.4 Å². The molecule has 3 aromatic rings. The summed E-state index contributed by atoms with van der Waals surface area (Å²) in [5.41, 5.74) is 2.28. The topological polar surface area (TPSA) is 98.1 Å². The standard InChI is InChI=1S/C22H24BrN5O3S/c1-4-28-19(12-24-21(30)15-5-8-17(31-3)9-6-15)26-27-22(28)32-13-20(29)25-18-10-7-16(23)11-14(18)2/h5-11H,4,12-13H2,1-3H3,(H,24,30)(H,25,29). The molecule has 0 saturated heterocycles. The zero-order chi connectivity index (χ0) is 23.1. The molecule has 0 aliphatic carbocycles. The number of aromatic nitrogens is 3. The predicted molar refractivity (Wildman–Crippen MR) is 128 cm³/mol. The van der Waals surface area contributed by atoms with Gasteiger partial charge < -0.3 is 19.9 Å². The average molecular weight is 518 g/mol. The smallest absolute Gasteiger partial charge is 0.251 e. The van der Waals surface area contributed by atoms with E-state index in [0.29, 0.717) is 28.8 Å². The van der Waals surface area contributed by atoms with E-state index in [1.54, 1.807) is 31.4 Å². The molecule has 0 bridgehead atoms. The summed E-state index contributed by atoms with van der Waals surface area (Å²) < 4.78 is 7.96. The Morgan fingerprint density at radius 3 is 2.56 bits per heavy atom. The third-order valence-electron chi connectivity index (χ3n) is 4.66. The van der Waals surface area contributed by atoms with Crippen LogP contribution in [0.5, 0.6) is 5.75 Å². The van der Waals surface area contributed by atoms with Crippen LogP contribution in [0.15, 0.2) is 52.1 Å². The van der Waals surface area contributed by atoms with Crippen LogP contribution in [0, 0.1) is 6.92 Å². The minimum absolute atomic E-state index is 0.125. The van der Waals surface area contributed by atoms with Crippen LogP contribution in [0.4, 0.5) is 5.69 Å². The highest BCUT2D eigenvalue weighted by Gasteiger charge is 2.15. The van der Waals surface area contributed by atoms with Gasteiger partial charge in [0, 0.05) is 22.3 Å². The zero-order valence-electron chi connectivity index (χ0n) is 18.0. The number of anilines is 1. The number of amides is 2. The Bertz CT molecular complexity index is 1100. The Morgan fingerprint density at radius 1 is 1.16 bits per heavy atom. The number of benzene rings is 2. The predicted octanol–water partition coefficient (Wildman–Crippen LogP) is 4.04. The molecule has 2 aromatic carbocycles. The van der Waals surface area contributed by atoms with Gasteiger partial charge >= 0.3 is 0 Å². The molecule has 0 spiro atoms. The Morgan fingerprint density at radius 2 is 1.91 bits per heavy atom. The van der Waals surface area contributed by atoms with Gasteiger partial charge in [-0.3, -0.25) is 9.59 Å². The largest absolute Gasteiger partial charge is 0.497 e. The molecule has 0 fully saturated rings. The Balaban J connectivity index is 1.56. The van der Waals surface area contributed by atoms with Gasteiger partial charge in [-0.15, -0.1) is 10.2 Å². The molecule has 10 heteroatoms. The molecule has 0 saturated carbocycles. The van der Waals surface area contributed by atoms with Crippen molar-refractivity contribution in [2.24, 2.45) is 0 Å². The highest BCUT2D eigenvalue weighted by Crippen LogP contribution is 2.22. The first-order valence-corrected chi connectivity index (χ1v) is 11.7. The number of ether oxygens (including phenoxy) is 1. The van der Waals surface area contributed by atoms with Crippen LogP contribution in [-0.2, 0) is 17.9 Å². The number of nitrogens with one attached hydrogen (secondary N) is 2. The molecule has 0 aliphatic rings. The summed E-state index contributed by atoms with van der Waals surface area (Å²) in [5.74, 6) is 1.18. The lowest BCUT2D eigenvalue weighted by Crippen LogP contribution is -2.24. The fraction of sp³-hybridized carbons (Fsp3) is 0.273. The second-order valence-electron chi connectivity index (χ2n) is 6.85. The highest BCUT2D eigenvalue weighted by atomic mass is 79.9. The summed E-state index contributed by atoms with van der Waals surface area (Å²) in [6, 6.07) is 12.6. The lowest BCUT2D eigenvalue weighted by atomic mass is 10.2. The number of aryl methyl sites for hydroxylation is 1. The summed E-state index contributed by atoms with van der Waals surface area (Å²) in [6.07, 6.45) is 0. The van der Waals surface area contributed by atoms with Crippen LogP contribution < -0.4 is 15.4 Å². The Labute approximate surface area is 199 Å². The van der Waals surface area contributed by atoms with Crippen molar-refractivity contribution in [1.29, 1.82) is 0 Å². The van der Waals surface area contributed by atoms with Crippen molar-refractivity contribution >= 4 is 45.2 Å². The number of hydrogen-bond acceptors (Lipinski definition) is 6. The molecule has 0 unspecified atom stereocenters. The van der Waals surface area contributed by atoms with Gasteiger partial charge in [0.1, 0.15) is 5.75 Å². The van der Waals surface area contributed by atoms with E-state index in [4.69, 9.17) is 4.74 Å². The fourth-order valence-corrected chi connectivity index (χ4v) is 4.26. The van der Waals surface area contributed by atoms with E-state index in [1.807, 2.05) is 36.6 Å². The summed E-state index contributed by atoms with van der Waals surface area (Å²) in [5, 5.41) is 14.8. The van der Waals surface area contributed by atoms with Gasteiger partial charge in [-0.25, -0.2) is 0 Å². The number of halogens is 1. The van der Waals surface area contributed by atoms with Crippen LogP contribution >= 0.6 is 27.7 Å². The van der Waals surface area contributed by atoms with E-state index in [0.717, 1.165) is 15.7 Å². The van der Waals surface area contributed by atoms with Crippen molar-refractivity contribution in [1.82, 2.24) is 20.1 Å². The van der Waals surface area contributed by atoms with E-state index < -0.39 is 0 Å². The molecule has 3 rings (SSSR count).